The second-order valence-corrected chi connectivity index (χ2v) is 10.8. The van der Waals surface area contributed by atoms with E-state index in [1.807, 2.05) is 0 Å². The summed E-state index contributed by atoms with van der Waals surface area (Å²) in [6.45, 7) is 13.7. The third-order valence-electron chi connectivity index (χ3n) is 8.02. The summed E-state index contributed by atoms with van der Waals surface area (Å²) < 4.78 is 0. The molecule has 0 N–H and O–H groups in total. The Labute approximate surface area is 217 Å². The molecule has 0 atom stereocenters. The van der Waals surface area contributed by atoms with Crippen molar-refractivity contribution in [3.63, 3.8) is 0 Å². The number of fused-ring (bicyclic) bond motifs is 2. The maximum Gasteiger partial charge on any atom is -0.00148 e. The Hall–Kier alpha value is -3.12. The first-order chi connectivity index (χ1) is 17.5. The van der Waals surface area contributed by atoms with Gasteiger partial charge in [-0.3, -0.25) is 0 Å². The van der Waals surface area contributed by atoms with E-state index >= 15 is 0 Å². The summed E-state index contributed by atoms with van der Waals surface area (Å²) in [6.07, 6.45) is 16.8. The number of unbranched alkanes of at least 4 members (excludes halogenated alkanes) is 4. The van der Waals surface area contributed by atoms with E-state index in [1.54, 1.807) is 0 Å². The Morgan fingerprint density at radius 3 is 1.31 bits per heavy atom. The zero-order valence-corrected chi connectivity index (χ0v) is 23.0. The molecule has 0 saturated heterocycles. The quantitative estimate of drug-likeness (QED) is 0.120. The minimum Gasteiger partial charge on any atom is -0.0839 e. The summed E-state index contributed by atoms with van der Waals surface area (Å²) in [5, 5.41) is 11.4. The number of hydrogen-bond donors (Lipinski definition) is 0. The highest BCUT2D eigenvalue weighted by molar-refractivity contribution is 6.36. The zero-order valence-electron chi connectivity index (χ0n) is 23.0. The predicted molar refractivity (Wildman–Crippen MR) is 164 cm³/mol. The van der Waals surface area contributed by atoms with E-state index in [0.717, 1.165) is 12.8 Å². The van der Waals surface area contributed by atoms with Crippen molar-refractivity contribution in [2.24, 2.45) is 0 Å². The lowest BCUT2D eigenvalue weighted by molar-refractivity contribution is 0.816. The average Bonchev–Trinajstić information content (AvgIpc) is 2.86. The molecule has 5 aromatic rings. The third kappa shape index (κ3) is 4.01. The fourth-order valence-corrected chi connectivity index (χ4v) is 6.32. The van der Waals surface area contributed by atoms with Gasteiger partial charge in [-0.1, -0.05) is 100 Å². The summed E-state index contributed by atoms with van der Waals surface area (Å²) in [5.74, 6) is 0. The molecule has 0 unspecified atom stereocenters. The van der Waals surface area contributed by atoms with Crippen molar-refractivity contribution in [1.29, 1.82) is 0 Å². The van der Waals surface area contributed by atoms with Gasteiger partial charge in [0.1, 0.15) is 0 Å². The normalized spacial score (nSPS) is 12.6. The predicted octanol–water partition coefficient (Wildman–Crippen LogP) is 11.4. The number of aryl methyl sites for hydroxylation is 4. The minimum atomic E-state index is 1.14. The largest absolute Gasteiger partial charge is 0.0839 e. The van der Waals surface area contributed by atoms with Gasteiger partial charge < -0.3 is 0 Å². The van der Waals surface area contributed by atoms with Gasteiger partial charge in [-0.05, 0) is 117 Å². The molecular weight excluding hydrogens is 432 g/mol. The van der Waals surface area contributed by atoms with Crippen LogP contribution in [0.25, 0.3) is 55.2 Å². The molecule has 184 valence electrons. The minimum absolute atomic E-state index is 1.14. The van der Waals surface area contributed by atoms with Crippen LogP contribution in [0.15, 0.2) is 48.6 Å². The standard InChI is InChI=1S/C36H40/c1-7-9-11-13-15-27-21-25(5)31-23(3)18-20-30-34-28(16-14-12-10-8-2)22-26(6)32-24(4)17-19-29(36(32)34)33(27)35(30)31/h13-22H,7-12H2,1-6H3. The lowest BCUT2D eigenvalue weighted by Crippen LogP contribution is -1.96. The second-order valence-electron chi connectivity index (χ2n) is 10.8. The molecule has 5 rings (SSSR count). The maximum atomic E-state index is 2.43. The molecule has 0 nitrogen and oxygen atoms in total. The van der Waals surface area contributed by atoms with Crippen LogP contribution in [0.5, 0.6) is 0 Å². The Morgan fingerprint density at radius 1 is 0.500 bits per heavy atom. The lowest BCUT2D eigenvalue weighted by Gasteiger charge is -2.22. The van der Waals surface area contributed by atoms with Crippen LogP contribution < -0.4 is 0 Å². The Morgan fingerprint density at radius 2 is 0.917 bits per heavy atom. The fraction of sp³-hybridized carbons (Fsp3) is 0.333. The summed E-state index contributed by atoms with van der Waals surface area (Å²) in [4.78, 5) is 0. The highest BCUT2D eigenvalue weighted by Gasteiger charge is 2.20. The molecule has 0 spiro atoms. The monoisotopic (exact) mass is 472 g/mol. The molecular formula is C36H40. The van der Waals surface area contributed by atoms with Crippen molar-refractivity contribution in [3.05, 3.63) is 81.9 Å². The van der Waals surface area contributed by atoms with E-state index in [-0.39, 0.29) is 0 Å². The number of allylic oxidation sites excluding steroid dienone is 2. The van der Waals surface area contributed by atoms with Gasteiger partial charge in [0.25, 0.3) is 0 Å². The molecule has 0 amide bonds. The van der Waals surface area contributed by atoms with Crippen LogP contribution in [0.1, 0.15) is 85.8 Å². The summed E-state index contributed by atoms with van der Waals surface area (Å²) in [5.41, 5.74) is 8.21. The van der Waals surface area contributed by atoms with Gasteiger partial charge in [0.15, 0.2) is 0 Å². The van der Waals surface area contributed by atoms with E-state index < -0.39 is 0 Å². The first-order valence-corrected chi connectivity index (χ1v) is 14.0. The smallest absolute Gasteiger partial charge is 0.00148 e. The number of hydrogen-bond acceptors (Lipinski definition) is 0. The average molecular weight is 473 g/mol. The van der Waals surface area contributed by atoms with Gasteiger partial charge in [-0.2, -0.15) is 0 Å². The topological polar surface area (TPSA) is 0 Å². The molecule has 0 bridgehead atoms. The van der Waals surface area contributed by atoms with Gasteiger partial charge in [0.05, 0.1) is 0 Å². The maximum absolute atomic E-state index is 2.43. The molecule has 0 fully saturated rings. The third-order valence-corrected chi connectivity index (χ3v) is 8.02. The first-order valence-electron chi connectivity index (χ1n) is 14.0. The molecule has 36 heavy (non-hydrogen) atoms. The Bertz CT molecular complexity index is 1500. The molecule has 5 aromatic carbocycles. The molecule has 0 heteroatoms. The van der Waals surface area contributed by atoms with E-state index in [2.05, 4.69) is 102 Å². The lowest BCUT2D eigenvalue weighted by atomic mass is 9.81. The van der Waals surface area contributed by atoms with Gasteiger partial charge >= 0.3 is 0 Å². The molecule has 0 heterocycles. The van der Waals surface area contributed by atoms with Crippen LogP contribution in [0, 0.1) is 27.7 Å². The second kappa shape index (κ2) is 10.1. The fourth-order valence-electron chi connectivity index (χ4n) is 6.32. The number of rotatable bonds is 8. The first kappa shape index (κ1) is 24.6. The van der Waals surface area contributed by atoms with Crippen molar-refractivity contribution < 1.29 is 0 Å². The van der Waals surface area contributed by atoms with Crippen LogP contribution in [0.2, 0.25) is 0 Å². The van der Waals surface area contributed by atoms with Gasteiger partial charge in [-0.15, -0.1) is 0 Å². The highest BCUT2D eigenvalue weighted by Crippen LogP contribution is 2.46. The zero-order chi connectivity index (χ0) is 25.4. The highest BCUT2D eigenvalue weighted by atomic mass is 14.2. The van der Waals surface area contributed by atoms with E-state index in [4.69, 9.17) is 0 Å². The molecule has 0 aliphatic heterocycles. The van der Waals surface area contributed by atoms with Crippen LogP contribution >= 0.6 is 0 Å². The van der Waals surface area contributed by atoms with Crippen LogP contribution in [-0.2, 0) is 0 Å². The van der Waals surface area contributed by atoms with Gasteiger partial charge in [0.2, 0.25) is 0 Å². The Balaban J connectivity index is 1.99. The molecule has 0 saturated carbocycles. The summed E-state index contributed by atoms with van der Waals surface area (Å²) in [6, 6.07) is 14.3. The van der Waals surface area contributed by atoms with E-state index in [1.165, 1.54) is 102 Å². The van der Waals surface area contributed by atoms with Crippen molar-refractivity contribution in [2.75, 3.05) is 0 Å². The van der Waals surface area contributed by atoms with Crippen LogP contribution in [-0.4, -0.2) is 0 Å². The van der Waals surface area contributed by atoms with Gasteiger partial charge in [-0.25, -0.2) is 0 Å². The molecule has 0 aliphatic carbocycles. The molecule has 0 aliphatic rings. The van der Waals surface area contributed by atoms with Crippen molar-refractivity contribution >= 4 is 55.2 Å². The van der Waals surface area contributed by atoms with E-state index in [0.29, 0.717) is 0 Å². The van der Waals surface area contributed by atoms with Crippen LogP contribution in [0.4, 0.5) is 0 Å². The molecule has 0 radical (unpaired) electrons. The number of benzene rings is 5. The molecule has 0 aromatic heterocycles. The summed E-state index contributed by atoms with van der Waals surface area (Å²) in [7, 11) is 0. The van der Waals surface area contributed by atoms with Gasteiger partial charge in [0, 0.05) is 0 Å². The van der Waals surface area contributed by atoms with Crippen molar-refractivity contribution in [3.8, 4) is 0 Å². The SMILES string of the molecule is CCCCC=Cc1cc(C)c2c(C)ccc3c4c(C=CCCCC)cc(C)c5c(C)ccc(c1c23)c54. The van der Waals surface area contributed by atoms with Crippen molar-refractivity contribution in [2.45, 2.75) is 80.1 Å². The Kier molecular flexibility index (Phi) is 6.89. The van der Waals surface area contributed by atoms with E-state index in [9.17, 15) is 0 Å². The van der Waals surface area contributed by atoms with Crippen molar-refractivity contribution in [1.82, 2.24) is 0 Å². The van der Waals surface area contributed by atoms with Crippen LogP contribution in [0.3, 0.4) is 0 Å². The summed E-state index contributed by atoms with van der Waals surface area (Å²) >= 11 is 0.